The van der Waals surface area contributed by atoms with E-state index in [9.17, 15) is 14.4 Å². The van der Waals surface area contributed by atoms with Crippen molar-refractivity contribution in [2.45, 2.75) is 32.2 Å². The highest BCUT2D eigenvalue weighted by Crippen LogP contribution is 2.35. The predicted octanol–water partition coefficient (Wildman–Crippen LogP) is 3.56. The fourth-order valence-electron chi connectivity index (χ4n) is 4.82. The summed E-state index contributed by atoms with van der Waals surface area (Å²) in [7, 11) is 0. The molecule has 1 unspecified atom stereocenters. The Kier molecular flexibility index (Phi) is 5.96. The molecule has 8 heteroatoms. The summed E-state index contributed by atoms with van der Waals surface area (Å²) in [5, 5.41) is 2.95. The maximum Gasteiger partial charge on any atom is 0.231 e. The van der Waals surface area contributed by atoms with Crippen LogP contribution in [0.5, 0.6) is 11.5 Å². The van der Waals surface area contributed by atoms with Crippen LogP contribution in [0, 0.1) is 5.92 Å². The molecule has 8 nitrogen and oxygen atoms in total. The molecule has 0 aliphatic carbocycles. The quantitative estimate of drug-likeness (QED) is 0.752. The zero-order valence-corrected chi connectivity index (χ0v) is 19.0. The summed E-state index contributed by atoms with van der Waals surface area (Å²) >= 11 is 0. The summed E-state index contributed by atoms with van der Waals surface area (Å²) < 4.78 is 10.7. The minimum atomic E-state index is -0.321. The van der Waals surface area contributed by atoms with Gasteiger partial charge in [0, 0.05) is 43.9 Å². The second-order valence-electron chi connectivity index (χ2n) is 8.80. The number of amides is 3. The molecular weight excluding hydrogens is 434 g/mol. The van der Waals surface area contributed by atoms with Crippen LogP contribution >= 0.6 is 0 Å². The largest absolute Gasteiger partial charge is 0.454 e. The fraction of sp³-hybridized carbons (Fsp3) is 0.346. The van der Waals surface area contributed by atoms with Gasteiger partial charge in [-0.2, -0.15) is 0 Å². The van der Waals surface area contributed by atoms with Crippen molar-refractivity contribution in [3.63, 3.8) is 0 Å². The van der Waals surface area contributed by atoms with Crippen molar-refractivity contribution >= 4 is 29.5 Å². The van der Waals surface area contributed by atoms with Crippen LogP contribution < -0.4 is 14.8 Å². The summed E-state index contributed by atoms with van der Waals surface area (Å²) in [6, 6.07) is 12.9. The van der Waals surface area contributed by atoms with Crippen molar-refractivity contribution in [1.82, 2.24) is 9.80 Å². The van der Waals surface area contributed by atoms with E-state index >= 15 is 0 Å². The van der Waals surface area contributed by atoms with E-state index in [2.05, 4.69) is 5.32 Å². The first-order valence-electron chi connectivity index (χ1n) is 11.5. The number of hydrogen-bond acceptors (Lipinski definition) is 5. The first-order valence-corrected chi connectivity index (χ1v) is 11.5. The third-order valence-corrected chi connectivity index (χ3v) is 6.70. The SMILES string of the molecule is CC(=O)N1C=Cc2ccccc2C1CC(=O)N1CCC(C(=O)Nc2ccc3c(c2)OCO3)CC1. The molecule has 2 aromatic carbocycles. The second-order valence-corrected chi connectivity index (χ2v) is 8.80. The van der Waals surface area contributed by atoms with Crippen LogP contribution in [-0.2, 0) is 14.4 Å². The third kappa shape index (κ3) is 4.35. The van der Waals surface area contributed by atoms with Gasteiger partial charge in [0.05, 0.1) is 12.5 Å². The minimum Gasteiger partial charge on any atom is -0.454 e. The zero-order valence-electron chi connectivity index (χ0n) is 19.0. The number of nitrogens with zero attached hydrogens (tertiary/aromatic N) is 2. The first kappa shape index (κ1) is 22.0. The lowest BCUT2D eigenvalue weighted by Crippen LogP contribution is -2.43. The lowest BCUT2D eigenvalue weighted by Gasteiger charge is -2.36. The van der Waals surface area contributed by atoms with Gasteiger partial charge in [0.2, 0.25) is 24.5 Å². The average molecular weight is 462 g/mol. The molecule has 0 radical (unpaired) electrons. The van der Waals surface area contributed by atoms with E-state index in [1.165, 1.54) is 6.92 Å². The lowest BCUT2D eigenvalue weighted by atomic mass is 9.92. The maximum atomic E-state index is 13.2. The molecule has 1 saturated heterocycles. The highest BCUT2D eigenvalue weighted by Gasteiger charge is 2.32. The standard InChI is InChI=1S/C26H27N3O5/c1-17(30)29-13-10-18-4-2-3-5-21(18)22(29)15-25(31)28-11-8-19(9-12-28)26(32)27-20-6-7-23-24(14-20)34-16-33-23/h2-7,10,13-14,19,22H,8-9,11-12,15-16H2,1H3,(H,27,32). The van der Waals surface area contributed by atoms with E-state index in [4.69, 9.17) is 9.47 Å². The van der Waals surface area contributed by atoms with Crippen molar-refractivity contribution in [2.75, 3.05) is 25.2 Å². The third-order valence-electron chi connectivity index (χ3n) is 6.70. The molecule has 3 amide bonds. The van der Waals surface area contributed by atoms with Crippen LogP contribution in [0.2, 0.25) is 0 Å². The molecule has 0 aromatic heterocycles. The number of rotatable bonds is 4. The van der Waals surface area contributed by atoms with Crippen molar-refractivity contribution < 1.29 is 23.9 Å². The molecule has 176 valence electrons. The zero-order chi connectivity index (χ0) is 23.7. The number of carbonyl (C=O) groups excluding carboxylic acids is 3. The number of carbonyl (C=O) groups is 3. The van der Waals surface area contributed by atoms with Crippen LogP contribution in [0.4, 0.5) is 5.69 Å². The van der Waals surface area contributed by atoms with Crippen LogP contribution in [0.15, 0.2) is 48.7 Å². The number of fused-ring (bicyclic) bond motifs is 2. The molecule has 2 aromatic rings. The van der Waals surface area contributed by atoms with Crippen molar-refractivity contribution in [1.29, 1.82) is 0 Å². The minimum absolute atomic E-state index is 0.00372. The van der Waals surface area contributed by atoms with Gasteiger partial charge >= 0.3 is 0 Å². The van der Waals surface area contributed by atoms with Gasteiger partial charge in [-0.05, 0) is 42.2 Å². The number of likely N-dealkylation sites (tertiary alicyclic amines) is 1. The van der Waals surface area contributed by atoms with E-state index in [0.717, 1.165) is 11.1 Å². The first-order chi connectivity index (χ1) is 16.5. The number of nitrogens with one attached hydrogen (secondary N) is 1. The molecule has 0 saturated carbocycles. The van der Waals surface area contributed by atoms with Crippen LogP contribution in [0.25, 0.3) is 6.08 Å². The number of anilines is 1. The summed E-state index contributed by atoms with van der Waals surface area (Å²) in [5.41, 5.74) is 2.67. The molecular formula is C26H27N3O5. The van der Waals surface area contributed by atoms with Crippen molar-refractivity contribution in [3.05, 3.63) is 59.8 Å². The smallest absolute Gasteiger partial charge is 0.231 e. The van der Waals surface area contributed by atoms with Gasteiger partial charge in [-0.3, -0.25) is 14.4 Å². The van der Waals surface area contributed by atoms with Gasteiger partial charge in [-0.15, -0.1) is 0 Å². The predicted molar refractivity (Wildman–Crippen MR) is 126 cm³/mol. The van der Waals surface area contributed by atoms with Gasteiger partial charge in [-0.25, -0.2) is 0 Å². The van der Waals surface area contributed by atoms with E-state index in [1.54, 1.807) is 29.3 Å². The summed E-state index contributed by atoms with van der Waals surface area (Å²) in [5.74, 6) is 0.973. The molecule has 1 atom stereocenters. The Hall–Kier alpha value is -3.81. The van der Waals surface area contributed by atoms with Gasteiger partial charge in [0.1, 0.15) is 0 Å². The van der Waals surface area contributed by atoms with Crippen LogP contribution in [0.3, 0.4) is 0 Å². The highest BCUT2D eigenvalue weighted by atomic mass is 16.7. The van der Waals surface area contributed by atoms with Gasteiger partial charge in [-0.1, -0.05) is 24.3 Å². The summed E-state index contributed by atoms with van der Waals surface area (Å²) in [6.45, 7) is 2.73. The Morgan fingerprint density at radius 2 is 1.79 bits per heavy atom. The Balaban J connectivity index is 1.18. The van der Waals surface area contributed by atoms with E-state index in [1.807, 2.05) is 35.2 Å². The molecule has 34 heavy (non-hydrogen) atoms. The number of ether oxygens (including phenoxy) is 2. The molecule has 5 rings (SSSR count). The molecule has 3 heterocycles. The summed E-state index contributed by atoms with van der Waals surface area (Å²) in [6.07, 6.45) is 5.08. The monoisotopic (exact) mass is 461 g/mol. The Morgan fingerprint density at radius 3 is 2.59 bits per heavy atom. The average Bonchev–Trinajstić information content (AvgIpc) is 3.32. The molecule has 0 bridgehead atoms. The van der Waals surface area contributed by atoms with Gasteiger partial charge in [0.25, 0.3) is 0 Å². The second kappa shape index (κ2) is 9.21. The van der Waals surface area contributed by atoms with Gasteiger partial charge in [0.15, 0.2) is 11.5 Å². The Morgan fingerprint density at radius 1 is 1.03 bits per heavy atom. The van der Waals surface area contributed by atoms with Gasteiger partial charge < -0.3 is 24.6 Å². The number of hydrogen-bond donors (Lipinski definition) is 1. The van der Waals surface area contributed by atoms with E-state index in [-0.39, 0.29) is 42.9 Å². The Labute approximate surface area is 198 Å². The van der Waals surface area contributed by atoms with Crippen LogP contribution in [-0.4, -0.2) is 47.4 Å². The number of benzene rings is 2. The number of piperidine rings is 1. The van der Waals surface area contributed by atoms with E-state index < -0.39 is 0 Å². The van der Waals surface area contributed by atoms with E-state index in [0.29, 0.717) is 43.1 Å². The molecule has 0 spiro atoms. The van der Waals surface area contributed by atoms with Crippen LogP contribution in [0.1, 0.15) is 43.4 Å². The normalized spacial score (nSPS) is 19.0. The summed E-state index contributed by atoms with van der Waals surface area (Å²) in [4.78, 5) is 41.6. The van der Waals surface area contributed by atoms with Crippen molar-refractivity contribution in [3.8, 4) is 11.5 Å². The molecule has 1 N–H and O–H groups in total. The topological polar surface area (TPSA) is 88.2 Å². The fourth-order valence-corrected chi connectivity index (χ4v) is 4.82. The van der Waals surface area contributed by atoms with Crippen molar-refractivity contribution in [2.24, 2.45) is 5.92 Å². The molecule has 3 aliphatic rings. The Bertz CT molecular complexity index is 1150. The maximum absolute atomic E-state index is 13.2. The molecule has 1 fully saturated rings. The highest BCUT2D eigenvalue weighted by molar-refractivity contribution is 5.93. The lowest BCUT2D eigenvalue weighted by molar-refractivity contribution is -0.137. The molecule has 3 aliphatic heterocycles.